The Morgan fingerprint density at radius 3 is 2.33 bits per heavy atom. The quantitative estimate of drug-likeness (QED) is 0.669. The third-order valence-corrected chi connectivity index (χ3v) is 7.85. The summed E-state index contributed by atoms with van der Waals surface area (Å²) in [6.45, 7) is 2.46. The molecule has 0 spiro atoms. The van der Waals surface area contributed by atoms with E-state index in [-0.39, 0.29) is 24.1 Å². The van der Waals surface area contributed by atoms with Gasteiger partial charge < -0.3 is 15.0 Å². The number of piperidine rings is 1. The van der Waals surface area contributed by atoms with Crippen molar-refractivity contribution < 1.29 is 22.7 Å². The molecule has 2 aliphatic rings. The van der Waals surface area contributed by atoms with Gasteiger partial charge in [-0.15, -0.1) is 0 Å². The first-order valence-electron chi connectivity index (χ1n) is 11.2. The lowest BCUT2D eigenvalue weighted by atomic mass is 10.1. The van der Waals surface area contributed by atoms with Crippen molar-refractivity contribution in [3.05, 3.63) is 65.2 Å². The molecule has 2 aliphatic heterocycles. The molecule has 2 fully saturated rings. The molecular formula is C24H29N3O5S. The van der Waals surface area contributed by atoms with Gasteiger partial charge in [-0.3, -0.25) is 9.59 Å². The van der Waals surface area contributed by atoms with Gasteiger partial charge in [0.05, 0.1) is 19.0 Å². The maximum Gasteiger partial charge on any atom is 0.251 e. The van der Waals surface area contributed by atoms with Gasteiger partial charge in [-0.2, -0.15) is 4.31 Å². The highest BCUT2D eigenvalue weighted by Crippen LogP contribution is 2.21. The summed E-state index contributed by atoms with van der Waals surface area (Å²) in [6.07, 6.45) is 2.46. The summed E-state index contributed by atoms with van der Waals surface area (Å²) in [5.41, 5.74) is 2.72. The van der Waals surface area contributed by atoms with Gasteiger partial charge in [0.15, 0.2) is 0 Å². The zero-order valence-electron chi connectivity index (χ0n) is 18.5. The molecule has 33 heavy (non-hydrogen) atoms. The van der Waals surface area contributed by atoms with Crippen LogP contribution in [0.1, 0.15) is 40.7 Å². The first-order valence-corrected chi connectivity index (χ1v) is 12.9. The van der Waals surface area contributed by atoms with Crippen LogP contribution < -0.4 is 10.2 Å². The summed E-state index contributed by atoms with van der Waals surface area (Å²) < 4.78 is 32.3. The van der Waals surface area contributed by atoms with Crippen LogP contribution in [0.15, 0.2) is 48.5 Å². The van der Waals surface area contributed by atoms with Gasteiger partial charge in [-0.05, 0) is 48.2 Å². The highest BCUT2D eigenvalue weighted by molar-refractivity contribution is 7.88. The highest BCUT2D eigenvalue weighted by Gasteiger charge is 2.25. The number of benzene rings is 2. The molecule has 0 aromatic heterocycles. The van der Waals surface area contributed by atoms with Crippen LogP contribution in [-0.4, -0.2) is 57.4 Å². The monoisotopic (exact) mass is 471 g/mol. The minimum absolute atomic E-state index is 0.113. The molecule has 8 nitrogen and oxygen atoms in total. The number of carbonyl (C=O) groups is 2. The lowest BCUT2D eigenvalue weighted by Gasteiger charge is -2.26. The number of ether oxygens (including phenoxy) is 1. The zero-order valence-corrected chi connectivity index (χ0v) is 19.4. The van der Waals surface area contributed by atoms with Crippen LogP contribution in [0.3, 0.4) is 0 Å². The smallest absolute Gasteiger partial charge is 0.251 e. The number of amides is 2. The summed E-state index contributed by atoms with van der Waals surface area (Å²) in [6, 6.07) is 14.2. The molecule has 0 atom stereocenters. The average molecular weight is 472 g/mol. The number of hydrogen-bond donors (Lipinski definition) is 1. The van der Waals surface area contributed by atoms with Crippen LogP contribution in [0.25, 0.3) is 0 Å². The van der Waals surface area contributed by atoms with Gasteiger partial charge in [0, 0.05) is 43.9 Å². The van der Waals surface area contributed by atoms with E-state index in [0.717, 1.165) is 24.1 Å². The number of sulfonamides is 1. The van der Waals surface area contributed by atoms with E-state index in [1.807, 2.05) is 12.1 Å². The fraction of sp³-hybridized carbons (Fsp3) is 0.417. The molecule has 2 aromatic rings. The van der Waals surface area contributed by atoms with Crippen molar-refractivity contribution in [2.45, 2.75) is 31.6 Å². The second-order valence-corrected chi connectivity index (χ2v) is 10.2. The molecule has 0 bridgehead atoms. The molecule has 2 aromatic carbocycles. The third-order valence-electron chi connectivity index (χ3n) is 6.02. The SMILES string of the molecule is O=C(NCc1ccccc1CS(=O)(=O)N1CCOCC1)c1ccc(N2CCCCC2=O)cc1. The highest BCUT2D eigenvalue weighted by atomic mass is 32.2. The fourth-order valence-electron chi connectivity index (χ4n) is 4.13. The Balaban J connectivity index is 1.39. The summed E-state index contributed by atoms with van der Waals surface area (Å²) >= 11 is 0. The Hall–Kier alpha value is -2.75. The van der Waals surface area contributed by atoms with E-state index in [9.17, 15) is 18.0 Å². The fourth-order valence-corrected chi connectivity index (χ4v) is 5.70. The largest absolute Gasteiger partial charge is 0.379 e. The van der Waals surface area contributed by atoms with E-state index in [1.165, 1.54) is 4.31 Å². The molecule has 2 saturated heterocycles. The Kier molecular flexibility index (Phi) is 7.42. The summed E-state index contributed by atoms with van der Waals surface area (Å²) in [5.74, 6) is -0.253. The van der Waals surface area contributed by atoms with Gasteiger partial charge in [-0.25, -0.2) is 8.42 Å². The lowest BCUT2D eigenvalue weighted by Crippen LogP contribution is -2.41. The number of anilines is 1. The van der Waals surface area contributed by atoms with E-state index in [2.05, 4.69) is 5.32 Å². The summed E-state index contributed by atoms with van der Waals surface area (Å²) in [5, 5.41) is 2.88. The first-order chi connectivity index (χ1) is 15.9. The van der Waals surface area contributed by atoms with Gasteiger partial charge in [0.2, 0.25) is 15.9 Å². The van der Waals surface area contributed by atoms with Crippen molar-refractivity contribution in [1.82, 2.24) is 9.62 Å². The van der Waals surface area contributed by atoms with Crippen molar-refractivity contribution >= 4 is 27.5 Å². The Bertz CT molecular complexity index is 1100. The molecule has 2 amide bonds. The van der Waals surface area contributed by atoms with Crippen LogP contribution in [0.4, 0.5) is 5.69 Å². The van der Waals surface area contributed by atoms with Gasteiger partial charge >= 0.3 is 0 Å². The number of morpholine rings is 1. The average Bonchev–Trinajstić information content (AvgIpc) is 2.84. The molecule has 176 valence electrons. The number of nitrogens with zero attached hydrogens (tertiary/aromatic N) is 2. The van der Waals surface area contributed by atoms with Crippen molar-refractivity contribution in [2.75, 3.05) is 37.7 Å². The standard InChI is InChI=1S/C24H29N3O5S/c28-23-7-3-4-12-27(23)22-10-8-19(9-11-22)24(29)25-17-20-5-1-2-6-21(20)18-33(30,31)26-13-15-32-16-14-26/h1-2,5-6,8-11H,3-4,7,12-18H2,(H,25,29). The number of rotatable bonds is 7. The maximum atomic E-state index is 12.8. The minimum atomic E-state index is -3.46. The molecule has 2 heterocycles. The molecule has 1 N–H and O–H groups in total. The topological polar surface area (TPSA) is 96.0 Å². The number of carbonyl (C=O) groups excluding carboxylic acids is 2. The van der Waals surface area contributed by atoms with Crippen LogP contribution in [0, 0.1) is 0 Å². The van der Waals surface area contributed by atoms with Crippen LogP contribution in [0.5, 0.6) is 0 Å². The van der Waals surface area contributed by atoms with E-state index in [0.29, 0.717) is 50.4 Å². The number of nitrogens with one attached hydrogen (secondary N) is 1. The van der Waals surface area contributed by atoms with E-state index in [4.69, 9.17) is 4.74 Å². The van der Waals surface area contributed by atoms with Crippen LogP contribution >= 0.6 is 0 Å². The minimum Gasteiger partial charge on any atom is -0.379 e. The van der Waals surface area contributed by atoms with E-state index in [1.54, 1.807) is 41.3 Å². The van der Waals surface area contributed by atoms with Gasteiger partial charge in [-0.1, -0.05) is 24.3 Å². The summed E-state index contributed by atoms with van der Waals surface area (Å²) in [4.78, 5) is 26.5. The molecular weight excluding hydrogens is 442 g/mol. The molecule has 0 saturated carbocycles. The van der Waals surface area contributed by atoms with Crippen molar-refractivity contribution in [1.29, 1.82) is 0 Å². The molecule has 0 unspecified atom stereocenters. The second kappa shape index (κ2) is 10.5. The predicted octanol–water partition coefficient (Wildman–Crippen LogP) is 2.30. The molecule has 4 rings (SSSR count). The molecule has 9 heteroatoms. The predicted molar refractivity (Wildman–Crippen MR) is 125 cm³/mol. The van der Waals surface area contributed by atoms with Crippen molar-refractivity contribution in [3.8, 4) is 0 Å². The molecule has 0 aliphatic carbocycles. The van der Waals surface area contributed by atoms with Crippen molar-refractivity contribution in [2.24, 2.45) is 0 Å². The Labute approximate surface area is 194 Å². The maximum absolute atomic E-state index is 12.8. The molecule has 0 radical (unpaired) electrons. The van der Waals surface area contributed by atoms with Gasteiger partial charge in [0.1, 0.15) is 0 Å². The Morgan fingerprint density at radius 1 is 0.939 bits per heavy atom. The van der Waals surface area contributed by atoms with Crippen LogP contribution in [-0.2, 0) is 31.9 Å². The second-order valence-electron chi connectivity index (χ2n) is 8.27. The zero-order chi connectivity index (χ0) is 23.3. The van der Waals surface area contributed by atoms with Crippen LogP contribution in [0.2, 0.25) is 0 Å². The third kappa shape index (κ3) is 5.79. The number of hydrogen-bond acceptors (Lipinski definition) is 5. The summed E-state index contributed by atoms with van der Waals surface area (Å²) in [7, 11) is -3.46. The Morgan fingerprint density at radius 2 is 1.64 bits per heavy atom. The normalized spacial score (nSPS) is 17.7. The lowest BCUT2D eigenvalue weighted by molar-refractivity contribution is -0.119. The van der Waals surface area contributed by atoms with Gasteiger partial charge in [0.25, 0.3) is 5.91 Å². The first kappa shape index (κ1) is 23.4. The van der Waals surface area contributed by atoms with E-state index < -0.39 is 10.0 Å². The van der Waals surface area contributed by atoms with Crippen molar-refractivity contribution in [3.63, 3.8) is 0 Å². The van der Waals surface area contributed by atoms with E-state index >= 15 is 0 Å².